The normalized spacial score (nSPS) is 13.6. The lowest BCUT2D eigenvalue weighted by Gasteiger charge is -2.18. The van der Waals surface area contributed by atoms with Crippen LogP contribution in [0, 0.1) is 0 Å². The van der Waals surface area contributed by atoms with Crippen molar-refractivity contribution in [3.63, 3.8) is 0 Å². The van der Waals surface area contributed by atoms with Crippen molar-refractivity contribution in [3.8, 4) is 0 Å². The van der Waals surface area contributed by atoms with Crippen molar-refractivity contribution in [2.75, 3.05) is 38.7 Å². The first kappa shape index (κ1) is 18.9. The Bertz CT molecular complexity index is 611. The predicted molar refractivity (Wildman–Crippen MR) is 92.3 cm³/mol. The van der Waals surface area contributed by atoms with E-state index >= 15 is 0 Å². The minimum atomic E-state index is -0.450. The summed E-state index contributed by atoms with van der Waals surface area (Å²) < 4.78 is 9.69. The number of para-hydroxylation sites is 1. The number of amides is 2. The van der Waals surface area contributed by atoms with Crippen LogP contribution in [0.1, 0.15) is 36.0 Å². The van der Waals surface area contributed by atoms with Crippen LogP contribution >= 0.6 is 0 Å². The zero-order chi connectivity index (χ0) is 18.1. The zero-order valence-electron chi connectivity index (χ0n) is 14.5. The quantitative estimate of drug-likeness (QED) is 0.572. The predicted octanol–water partition coefficient (Wildman–Crippen LogP) is 1.83. The summed E-state index contributed by atoms with van der Waals surface area (Å²) in [5.74, 6) is -0.855. The van der Waals surface area contributed by atoms with Crippen LogP contribution in [0.15, 0.2) is 24.3 Å². The number of ether oxygens (including phenoxy) is 2. The molecular weight excluding hydrogens is 324 g/mol. The summed E-state index contributed by atoms with van der Waals surface area (Å²) >= 11 is 0. The first-order valence-electron chi connectivity index (χ1n) is 8.44. The third-order valence-corrected chi connectivity index (χ3v) is 3.93. The first-order valence-corrected chi connectivity index (χ1v) is 8.44. The Hall–Kier alpha value is -2.41. The van der Waals surface area contributed by atoms with Gasteiger partial charge in [0.25, 0.3) is 5.91 Å². The maximum atomic E-state index is 12.6. The van der Waals surface area contributed by atoms with Gasteiger partial charge < -0.3 is 19.7 Å². The van der Waals surface area contributed by atoms with Crippen LogP contribution < -0.4 is 5.32 Å². The highest BCUT2D eigenvalue weighted by molar-refractivity contribution is 6.04. The van der Waals surface area contributed by atoms with Crippen molar-refractivity contribution in [1.82, 2.24) is 4.90 Å². The second-order valence-corrected chi connectivity index (χ2v) is 5.81. The monoisotopic (exact) mass is 348 g/mol. The highest BCUT2D eigenvalue weighted by Crippen LogP contribution is 2.20. The molecule has 1 aliphatic heterocycles. The molecule has 0 aromatic heterocycles. The minimum absolute atomic E-state index is 0.00193. The van der Waals surface area contributed by atoms with Crippen LogP contribution in [0.4, 0.5) is 5.69 Å². The SMILES string of the molecule is COCCOC(=O)CCC(=O)Nc1ccccc1C(=O)N1CCCC1. The van der Waals surface area contributed by atoms with Gasteiger partial charge in [0.1, 0.15) is 6.61 Å². The second kappa shape index (κ2) is 9.78. The van der Waals surface area contributed by atoms with Gasteiger partial charge in [-0.1, -0.05) is 12.1 Å². The molecule has 1 N–H and O–H groups in total. The summed E-state index contributed by atoms with van der Waals surface area (Å²) in [6, 6.07) is 6.93. The van der Waals surface area contributed by atoms with Gasteiger partial charge in [0.2, 0.25) is 5.91 Å². The highest BCUT2D eigenvalue weighted by atomic mass is 16.6. The van der Waals surface area contributed by atoms with Gasteiger partial charge in [-0.2, -0.15) is 0 Å². The van der Waals surface area contributed by atoms with E-state index in [1.54, 1.807) is 29.2 Å². The zero-order valence-corrected chi connectivity index (χ0v) is 14.5. The number of esters is 1. The fourth-order valence-electron chi connectivity index (χ4n) is 2.61. The highest BCUT2D eigenvalue weighted by Gasteiger charge is 2.22. The summed E-state index contributed by atoms with van der Waals surface area (Å²) in [5.41, 5.74) is 0.942. The van der Waals surface area contributed by atoms with Gasteiger partial charge in [-0.3, -0.25) is 14.4 Å². The van der Waals surface area contributed by atoms with Crippen molar-refractivity contribution in [3.05, 3.63) is 29.8 Å². The number of likely N-dealkylation sites (tertiary alicyclic amines) is 1. The molecular formula is C18H24N2O5. The lowest BCUT2D eigenvalue weighted by molar-refractivity contribution is -0.145. The third kappa shape index (κ3) is 5.86. The molecule has 136 valence electrons. The molecule has 1 aromatic rings. The maximum absolute atomic E-state index is 12.6. The smallest absolute Gasteiger partial charge is 0.306 e. The number of hydrogen-bond donors (Lipinski definition) is 1. The topological polar surface area (TPSA) is 84.9 Å². The van der Waals surface area contributed by atoms with E-state index in [1.165, 1.54) is 7.11 Å². The molecule has 1 fully saturated rings. The number of nitrogens with one attached hydrogen (secondary N) is 1. The fourth-order valence-corrected chi connectivity index (χ4v) is 2.61. The van der Waals surface area contributed by atoms with E-state index in [9.17, 15) is 14.4 Å². The number of nitrogens with zero attached hydrogens (tertiary/aromatic N) is 1. The molecule has 1 saturated heterocycles. The molecule has 0 radical (unpaired) electrons. The Kier molecular flexibility index (Phi) is 7.40. The Labute approximate surface area is 147 Å². The lowest BCUT2D eigenvalue weighted by atomic mass is 10.1. The van der Waals surface area contributed by atoms with Gasteiger partial charge in [0, 0.05) is 26.6 Å². The summed E-state index contributed by atoms with van der Waals surface area (Å²) in [6.07, 6.45) is 1.99. The molecule has 0 aliphatic carbocycles. The molecule has 7 nitrogen and oxygen atoms in total. The van der Waals surface area contributed by atoms with Crippen molar-refractivity contribution >= 4 is 23.5 Å². The number of hydrogen-bond acceptors (Lipinski definition) is 5. The van der Waals surface area contributed by atoms with Gasteiger partial charge in [0.05, 0.1) is 24.3 Å². The molecule has 25 heavy (non-hydrogen) atoms. The van der Waals surface area contributed by atoms with Crippen molar-refractivity contribution in [2.24, 2.45) is 0 Å². The summed E-state index contributed by atoms with van der Waals surface area (Å²) in [7, 11) is 1.52. The van der Waals surface area contributed by atoms with Crippen LogP contribution in [0.2, 0.25) is 0 Å². The molecule has 0 atom stereocenters. The summed E-state index contributed by atoms with van der Waals surface area (Å²) in [5, 5.41) is 2.72. The van der Waals surface area contributed by atoms with Crippen LogP contribution in [0.25, 0.3) is 0 Å². The molecule has 1 heterocycles. The molecule has 0 bridgehead atoms. The summed E-state index contributed by atoms with van der Waals surface area (Å²) in [4.78, 5) is 37.9. The Morgan fingerprint density at radius 3 is 2.52 bits per heavy atom. The number of benzene rings is 1. The van der Waals surface area contributed by atoms with Gasteiger partial charge in [-0.05, 0) is 25.0 Å². The molecule has 7 heteroatoms. The molecule has 1 aromatic carbocycles. The number of carbonyl (C=O) groups is 3. The van der Waals surface area contributed by atoms with Crippen LogP contribution in [-0.4, -0.2) is 56.1 Å². The van der Waals surface area contributed by atoms with Crippen molar-refractivity contribution in [1.29, 1.82) is 0 Å². The van der Waals surface area contributed by atoms with Crippen LogP contribution in [0.5, 0.6) is 0 Å². The lowest BCUT2D eigenvalue weighted by Crippen LogP contribution is -2.28. The van der Waals surface area contributed by atoms with E-state index in [0.29, 0.717) is 17.9 Å². The van der Waals surface area contributed by atoms with E-state index in [-0.39, 0.29) is 31.3 Å². The summed E-state index contributed by atoms with van der Waals surface area (Å²) in [6.45, 7) is 1.98. The fraction of sp³-hybridized carbons (Fsp3) is 0.500. The Balaban J connectivity index is 1.88. The average Bonchev–Trinajstić information content (AvgIpc) is 3.15. The van der Waals surface area contributed by atoms with E-state index in [2.05, 4.69) is 5.32 Å². The standard InChI is InChI=1S/C18H24N2O5/c1-24-12-13-25-17(22)9-8-16(21)19-15-7-3-2-6-14(15)18(23)20-10-4-5-11-20/h2-3,6-7H,4-5,8-13H2,1H3,(H,19,21). The van der Waals surface area contributed by atoms with Crippen LogP contribution in [-0.2, 0) is 19.1 Å². The number of rotatable bonds is 8. The molecule has 0 unspecified atom stereocenters. The van der Waals surface area contributed by atoms with Gasteiger partial charge in [-0.15, -0.1) is 0 Å². The minimum Gasteiger partial charge on any atom is -0.463 e. The maximum Gasteiger partial charge on any atom is 0.306 e. The molecule has 2 rings (SSSR count). The molecule has 0 saturated carbocycles. The van der Waals surface area contributed by atoms with Gasteiger partial charge >= 0.3 is 5.97 Å². The second-order valence-electron chi connectivity index (χ2n) is 5.81. The van der Waals surface area contributed by atoms with Gasteiger partial charge in [-0.25, -0.2) is 0 Å². The average molecular weight is 348 g/mol. The number of methoxy groups -OCH3 is 1. The van der Waals surface area contributed by atoms with E-state index in [1.807, 2.05) is 0 Å². The number of carbonyl (C=O) groups excluding carboxylic acids is 3. The first-order chi connectivity index (χ1) is 12.1. The van der Waals surface area contributed by atoms with Crippen molar-refractivity contribution in [2.45, 2.75) is 25.7 Å². The molecule has 2 amide bonds. The van der Waals surface area contributed by atoms with E-state index < -0.39 is 5.97 Å². The van der Waals surface area contributed by atoms with E-state index in [4.69, 9.17) is 9.47 Å². The number of anilines is 1. The Morgan fingerprint density at radius 2 is 1.80 bits per heavy atom. The molecule has 1 aliphatic rings. The largest absolute Gasteiger partial charge is 0.463 e. The molecule has 0 spiro atoms. The van der Waals surface area contributed by atoms with E-state index in [0.717, 1.165) is 25.9 Å². The Morgan fingerprint density at radius 1 is 1.08 bits per heavy atom. The van der Waals surface area contributed by atoms with Crippen LogP contribution in [0.3, 0.4) is 0 Å². The van der Waals surface area contributed by atoms with Crippen molar-refractivity contribution < 1.29 is 23.9 Å². The van der Waals surface area contributed by atoms with Gasteiger partial charge in [0.15, 0.2) is 0 Å². The third-order valence-electron chi connectivity index (χ3n) is 3.93.